The lowest BCUT2D eigenvalue weighted by molar-refractivity contribution is 0.421. The quantitative estimate of drug-likeness (QED) is 0.344. The number of benzene rings is 1. The Labute approximate surface area is 169 Å². The first-order valence-electron chi connectivity index (χ1n) is 9.15. The van der Waals surface area contributed by atoms with E-state index in [1.807, 2.05) is 36.0 Å². The van der Waals surface area contributed by atoms with Gasteiger partial charge in [0.25, 0.3) is 5.89 Å². The van der Waals surface area contributed by atoms with Crippen LogP contribution in [0.3, 0.4) is 0 Å². The van der Waals surface area contributed by atoms with Gasteiger partial charge in [-0.25, -0.2) is 0 Å². The highest BCUT2D eigenvalue weighted by Crippen LogP contribution is 2.21. The molecule has 2 N–H and O–H groups in total. The zero-order valence-corrected chi connectivity index (χ0v) is 16.8. The highest BCUT2D eigenvalue weighted by Gasteiger charge is 2.10. The van der Waals surface area contributed by atoms with Gasteiger partial charge in [-0.3, -0.25) is 9.98 Å². The lowest BCUT2D eigenvalue weighted by atomic mass is 10.3. The van der Waals surface area contributed by atoms with Crippen LogP contribution in [0.4, 0.5) is 0 Å². The Hall–Kier alpha value is -2.87. The second kappa shape index (κ2) is 10.5. The van der Waals surface area contributed by atoms with E-state index in [0.29, 0.717) is 35.6 Å². The SMILES string of the molecule is CN=C(NCCc1noc(-c2ccccn2)n1)NCC(C)Sc1ccccc1. The highest BCUT2D eigenvalue weighted by molar-refractivity contribution is 8.00. The predicted octanol–water partition coefficient (Wildman–Crippen LogP) is 3.02. The summed E-state index contributed by atoms with van der Waals surface area (Å²) in [5, 5.41) is 11.1. The van der Waals surface area contributed by atoms with Crippen molar-refractivity contribution in [1.82, 2.24) is 25.8 Å². The fraction of sp³-hybridized carbons (Fsp3) is 0.300. The maximum absolute atomic E-state index is 5.27. The average molecular weight is 397 g/mol. The van der Waals surface area contributed by atoms with Crippen molar-refractivity contribution < 1.29 is 4.52 Å². The fourth-order valence-corrected chi connectivity index (χ4v) is 3.42. The van der Waals surface area contributed by atoms with Crippen molar-refractivity contribution in [3.8, 4) is 11.6 Å². The summed E-state index contributed by atoms with van der Waals surface area (Å²) < 4.78 is 5.27. The maximum Gasteiger partial charge on any atom is 0.276 e. The van der Waals surface area contributed by atoms with E-state index in [0.717, 1.165) is 12.5 Å². The van der Waals surface area contributed by atoms with Crippen molar-refractivity contribution in [1.29, 1.82) is 0 Å². The second-order valence-electron chi connectivity index (χ2n) is 6.10. The Balaban J connectivity index is 1.40. The molecule has 0 spiro atoms. The van der Waals surface area contributed by atoms with Crippen molar-refractivity contribution in [2.24, 2.45) is 4.99 Å². The first kappa shape index (κ1) is 19.9. The van der Waals surface area contributed by atoms with Gasteiger partial charge in [0.2, 0.25) is 0 Å². The number of nitrogens with one attached hydrogen (secondary N) is 2. The molecule has 0 aliphatic heterocycles. The Morgan fingerprint density at radius 2 is 1.96 bits per heavy atom. The summed E-state index contributed by atoms with van der Waals surface area (Å²) in [7, 11) is 1.76. The van der Waals surface area contributed by atoms with E-state index in [2.05, 4.69) is 61.9 Å². The van der Waals surface area contributed by atoms with Gasteiger partial charge in [-0.2, -0.15) is 4.98 Å². The van der Waals surface area contributed by atoms with Crippen LogP contribution in [0.25, 0.3) is 11.6 Å². The number of pyridine rings is 1. The van der Waals surface area contributed by atoms with Gasteiger partial charge in [-0.1, -0.05) is 36.3 Å². The molecule has 0 radical (unpaired) electrons. The van der Waals surface area contributed by atoms with Crippen LogP contribution in [0.5, 0.6) is 0 Å². The molecule has 0 saturated carbocycles. The van der Waals surface area contributed by atoms with Crippen LogP contribution < -0.4 is 10.6 Å². The summed E-state index contributed by atoms with van der Waals surface area (Å²) in [4.78, 5) is 14.1. The van der Waals surface area contributed by atoms with Crippen LogP contribution in [0.1, 0.15) is 12.7 Å². The van der Waals surface area contributed by atoms with Gasteiger partial charge < -0.3 is 15.2 Å². The van der Waals surface area contributed by atoms with Crippen LogP contribution >= 0.6 is 11.8 Å². The van der Waals surface area contributed by atoms with Crippen LogP contribution in [-0.2, 0) is 6.42 Å². The molecule has 7 nitrogen and oxygen atoms in total. The second-order valence-corrected chi connectivity index (χ2v) is 7.61. The molecule has 2 heterocycles. The Morgan fingerprint density at radius 3 is 2.71 bits per heavy atom. The standard InChI is InChI=1S/C20H24N6OS/c1-15(28-16-8-4-3-5-9-16)14-24-20(21-2)23-13-11-18-25-19(27-26-18)17-10-6-7-12-22-17/h3-10,12,15H,11,13-14H2,1-2H3,(H2,21,23,24). The van der Waals surface area contributed by atoms with Crippen molar-refractivity contribution in [3.63, 3.8) is 0 Å². The lowest BCUT2D eigenvalue weighted by Gasteiger charge is -2.15. The Bertz CT molecular complexity index is 869. The van der Waals surface area contributed by atoms with Gasteiger partial charge in [0, 0.05) is 42.9 Å². The topological polar surface area (TPSA) is 88.2 Å². The van der Waals surface area contributed by atoms with E-state index in [4.69, 9.17) is 4.52 Å². The summed E-state index contributed by atoms with van der Waals surface area (Å²) in [5.74, 6) is 1.83. The van der Waals surface area contributed by atoms with Crippen molar-refractivity contribution >= 4 is 17.7 Å². The number of hydrogen-bond acceptors (Lipinski definition) is 6. The molecule has 0 amide bonds. The zero-order chi connectivity index (χ0) is 19.6. The smallest absolute Gasteiger partial charge is 0.276 e. The first-order chi connectivity index (χ1) is 13.7. The minimum atomic E-state index is 0.416. The van der Waals surface area contributed by atoms with E-state index in [9.17, 15) is 0 Å². The number of aliphatic imine (C=N–C) groups is 1. The molecule has 0 aliphatic carbocycles. The van der Waals surface area contributed by atoms with Gasteiger partial charge in [-0.15, -0.1) is 11.8 Å². The molecule has 0 saturated heterocycles. The molecule has 8 heteroatoms. The van der Waals surface area contributed by atoms with Gasteiger partial charge in [-0.05, 0) is 24.3 Å². The van der Waals surface area contributed by atoms with E-state index in [1.54, 1.807) is 13.2 Å². The molecule has 1 unspecified atom stereocenters. The molecule has 0 bridgehead atoms. The van der Waals surface area contributed by atoms with Gasteiger partial charge in [0.1, 0.15) is 5.69 Å². The molecule has 146 valence electrons. The molecular weight excluding hydrogens is 372 g/mol. The molecule has 28 heavy (non-hydrogen) atoms. The van der Waals surface area contributed by atoms with E-state index in [-0.39, 0.29) is 0 Å². The summed E-state index contributed by atoms with van der Waals surface area (Å²) in [6, 6.07) is 16.0. The number of aromatic nitrogens is 3. The Kier molecular flexibility index (Phi) is 7.43. The number of hydrogen-bond donors (Lipinski definition) is 2. The summed E-state index contributed by atoms with van der Waals surface area (Å²) in [6.45, 7) is 3.66. The molecule has 2 aromatic heterocycles. The van der Waals surface area contributed by atoms with Gasteiger partial charge >= 0.3 is 0 Å². The molecular formula is C20H24N6OS. The van der Waals surface area contributed by atoms with Gasteiger partial charge in [0.05, 0.1) is 0 Å². The van der Waals surface area contributed by atoms with Crippen molar-refractivity contribution in [2.45, 2.75) is 23.5 Å². The highest BCUT2D eigenvalue weighted by atomic mass is 32.2. The van der Waals surface area contributed by atoms with Crippen LogP contribution in [0.2, 0.25) is 0 Å². The molecule has 0 aliphatic rings. The van der Waals surface area contributed by atoms with E-state index in [1.165, 1.54) is 4.90 Å². The minimum absolute atomic E-state index is 0.416. The molecule has 3 rings (SSSR count). The van der Waals surface area contributed by atoms with Crippen molar-refractivity contribution in [2.75, 3.05) is 20.1 Å². The third-order valence-corrected chi connectivity index (χ3v) is 4.97. The van der Waals surface area contributed by atoms with Gasteiger partial charge in [0.15, 0.2) is 11.8 Å². The number of nitrogens with zero attached hydrogens (tertiary/aromatic N) is 4. The number of guanidine groups is 1. The summed E-state index contributed by atoms with van der Waals surface area (Å²) in [6.07, 6.45) is 2.33. The molecule has 1 aromatic carbocycles. The van der Waals surface area contributed by atoms with Crippen LogP contribution in [0, 0.1) is 0 Å². The Morgan fingerprint density at radius 1 is 1.14 bits per heavy atom. The van der Waals surface area contributed by atoms with Crippen LogP contribution in [-0.4, -0.2) is 46.5 Å². The first-order valence-corrected chi connectivity index (χ1v) is 10.0. The van der Waals surface area contributed by atoms with Crippen LogP contribution in [0.15, 0.2) is 69.1 Å². The van der Waals surface area contributed by atoms with Crippen molar-refractivity contribution in [3.05, 3.63) is 60.6 Å². The molecule has 1 atom stereocenters. The number of thioether (sulfide) groups is 1. The minimum Gasteiger partial charge on any atom is -0.356 e. The summed E-state index contributed by atoms with van der Waals surface area (Å²) in [5.41, 5.74) is 0.677. The fourth-order valence-electron chi connectivity index (χ4n) is 2.48. The number of rotatable bonds is 8. The average Bonchev–Trinajstić information content (AvgIpc) is 3.21. The largest absolute Gasteiger partial charge is 0.356 e. The summed E-state index contributed by atoms with van der Waals surface area (Å²) >= 11 is 1.83. The zero-order valence-electron chi connectivity index (χ0n) is 16.0. The third-order valence-electron chi connectivity index (χ3n) is 3.85. The third kappa shape index (κ3) is 6.09. The maximum atomic E-state index is 5.27. The molecule has 0 fully saturated rings. The molecule has 3 aromatic rings. The normalized spacial score (nSPS) is 12.6. The predicted molar refractivity (Wildman–Crippen MR) is 112 cm³/mol. The monoisotopic (exact) mass is 396 g/mol. The van der Waals surface area contributed by atoms with E-state index < -0.39 is 0 Å². The van der Waals surface area contributed by atoms with E-state index >= 15 is 0 Å². The lowest BCUT2D eigenvalue weighted by Crippen LogP contribution is -2.40.